The van der Waals surface area contributed by atoms with Crippen LogP contribution in [-0.4, -0.2) is 11.0 Å². The monoisotopic (exact) mass is 288 g/mol. The summed E-state index contributed by atoms with van der Waals surface area (Å²) in [6.07, 6.45) is 0.890. The second-order valence-electron chi connectivity index (χ2n) is 5.88. The van der Waals surface area contributed by atoms with Gasteiger partial charge in [0.15, 0.2) is 5.82 Å². The van der Waals surface area contributed by atoms with Gasteiger partial charge in [0, 0.05) is 11.7 Å². The first-order valence-electron chi connectivity index (χ1n) is 6.61. The van der Waals surface area contributed by atoms with Gasteiger partial charge in [-0.2, -0.15) is 5.26 Å². The fraction of sp³-hybridized carbons (Fsp3) is 0.400. The van der Waals surface area contributed by atoms with Crippen molar-refractivity contribution in [2.24, 2.45) is 5.41 Å². The standard InChI is InChI=1S/C15H20N4O2/c1-11(15(2,3)4)17-14(10-19(20)21)18-13-7-5-6-12(8-13)9-16/h5-8,10-11,17-18H,1-4H3/b14-10+/t11-/m1/s1. The van der Waals surface area contributed by atoms with E-state index in [0.717, 1.165) is 6.20 Å². The number of anilines is 1. The highest BCUT2D eigenvalue weighted by molar-refractivity contribution is 5.52. The minimum Gasteiger partial charge on any atom is -0.363 e. The molecule has 0 spiro atoms. The minimum atomic E-state index is -0.515. The van der Waals surface area contributed by atoms with E-state index in [-0.39, 0.29) is 17.3 Å². The maximum atomic E-state index is 10.8. The molecule has 0 aromatic heterocycles. The third kappa shape index (κ3) is 5.53. The lowest BCUT2D eigenvalue weighted by Crippen LogP contribution is -2.39. The Balaban J connectivity index is 2.94. The Hall–Kier alpha value is -2.55. The number of hydrogen-bond acceptors (Lipinski definition) is 5. The third-order valence-electron chi connectivity index (χ3n) is 3.18. The number of nitro groups is 1. The molecule has 0 aliphatic rings. The van der Waals surface area contributed by atoms with Crippen molar-refractivity contribution in [3.05, 3.63) is 52.0 Å². The predicted molar refractivity (Wildman–Crippen MR) is 81.9 cm³/mol. The summed E-state index contributed by atoms with van der Waals surface area (Å²) < 4.78 is 0. The van der Waals surface area contributed by atoms with Crippen LogP contribution in [0.15, 0.2) is 36.3 Å². The van der Waals surface area contributed by atoms with Gasteiger partial charge in [-0.05, 0) is 30.5 Å². The van der Waals surface area contributed by atoms with Crippen LogP contribution in [0.1, 0.15) is 33.3 Å². The second kappa shape index (κ2) is 6.75. The maximum Gasteiger partial charge on any atom is 0.274 e. The van der Waals surface area contributed by atoms with Crippen molar-refractivity contribution in [3.63, 3.8) is 0 Å². The Labute approximate surface area is 124 Å². The van der Waals surface area contributed by atoms with E-state index in [9.17, 15) is 10.1 Å². The number of benzene rings is 1. The van der Waals surface area contributed by atoms with E-state index in [1.807, 2.05) is 33.8 Å². The number of nitriles is 1. The topological polar surface area (TPSA) is 91.0 Å². The quantitative estimate of drug-likeness (QED) is 0.641. The molecular weight excluding hydrogens is 268 g/mol. The summed E-state index contributed by atoms with van der Waals surface area (Å²) in [5.74, 6) is 0.289. The number of nitrogens with zero attached hydrogens (tertiary/aromatic N) is 2. The number of nitrogens with one attached hydrogen (secondary N) is 2. The molecule has 2 N–H and O–H groups in total. The highest BCUT2D eigenvalue weighted by atomic mass is 16.6. The summed E-state index contributed by atoms with van der Waals surface area (Å²) in [6.45, 7) is 8.10. The molecule has 0 saturated heterocycles. The Kier molecular flexibility index (Phi) is 5.30. The first-order valence-corrected chi connectivity index (χ1v) is 6.61. The number of hydrogen-bond donors (Lipinski definition) is 2. The molecule has 0 bridgehead atoms. The molecule has 1 aromatic carbocycles. The molecule has 1 rings (SSSR count). The van der Waals surface area contributed by atoms with Gasteiger partial charge in [0.2, 0.25) is 0 Å². The first-order chi connectivity index (χ1) is 9.72. The summed E-state index contributed by atoms with van der Waals surface area (Å²) in [5, 5.41) is 25.7. The third-order valence-corrected chi connectivity index (χ3v) is 3.18. The van der Waals surface area contributed by atoms with Crippen LogP contribution in [0.4, 0.5) is 5.69 Å². The zero-order valence-corrected chi connectivity index (χ0v) is 12.7. The van der Waals surface area contributed by atoms with Gasteiger partial charge in [0.1, 0.15) is 0 Å². The first kappa shape index (κ1) is 16.5. The van der Waals surface area contributed by atoms with Crippen molar-refractivity contribution >= 4 is 5.69 Å². The Morgan fingerprint density at radius 2 is 2.14 bits per heavy atom. The summed E-state index contributed by atoms with van der Waals surface area (Å²) in [6, 6.07) is 8.83. The molecule has 6 heteroatoms. The fourth-order valence-corrected chi connectivity index (χ4v) is 1.48. The van der Waals surface area contributed by atoms with Crippen molar-refractivity contribution in [1.29, 1.82) is 5.26 Å². The molecular formula is C15H20N4O2. The zero-order valence-electron chi connectivity index (χ0n) is 12.7. The zero-order chi connectivity index (χ0) is 16.0. The van der Waals surface area contributed by atoms with E-state index >= 15 is 0 Å². The van der Waals surface area contributed by atoms with E-state index in [0.29, 0.717) is 11.3 Å². The second-order valence-corrected chi connectivity index (χ2v) is 5.88. The Morgan fingerprint density at radius 3 is 2.67 bits per heavy atom. The largest absolute Gasteiger partial charge is 0.363 e. The molecule has 0 amide bonds. The lowest BCUT2D eigenvalue weighted by atomic mass is 9.88. The van der Waals surface area contributed by atoms with E-state index in [2.05, 4.69) is 10.6 Å². The maximum absolute atomic E-state index is 10.8. The molecule has 0 aliphatic heterocycles. The van der Waals surface area contributed by atoms with Crippen LogP contribution in [0.5, 0.6) is 0 Å². The molecule has 6 nitrogen and oxygen atoms in total. The molecule has 21 heavy (non-hydrogen) atoms. The van der Waals surface area contributed by atoms with Crippen LogP contribution in [0.25, 0.3) is 0 Å². The van der Waals surface area contributed by atoms with Gasteiger partial charge < -0.3 is 10.6 Å². The lowest BCUT2D eigenvalue weighted by Gasteiger charge is -2.29. The smallest absolute Gasteiger partial charge is 0.274 e. The highest BCUT2D eigenvalue weighted by Crippen LogP contribution is 2.20. The van der Waals surface area contributed by atoms with Crippen LogP contribution < -0.4 is 10.6 Å². The van der Waals surface area contributed by atoms with Crippen molar-refractivity contribution in [2.75, 3.05) is 5.32 Å². The van der Waals surface area contributed by atoms with Gasteiger partial charge in [-0.3, -0.25) is 10.1 Å². The van der Waals surface area contributed by atoms with Crippen LogP contribution in [0, 0.1) is 26.9 Å². The lowest BCUT2D eigenvalue weighted by molar-refractivity contribution is -0.403. The average Bonchev–Trinajstić information content (AvgIpc) is 2.37. The van der Waals surface area contributed by atoms with E-state index < -0.39 is 4.92 Å². The van der Waals surface area contributed by atoms with Gasteiger partial charge in [-0.1, -0.05) is 26.8 Å². The Bertz CT molecular complexity index is 582. The molecule has 0 heterocycles. The van der Waals surface area contributed by atoms with Gasteiger partial charge >= 0.3 is 0 Å². The van der Waals surface area contributed by atoms with Crippen LogP contribution in [0.2, 0.25) is 0 Å². The summed E-state index contributed by atoms with van der Waals surface area (Å²) in [5.41, 5.74) is 1.06. The molecule has 0 fully saturated rings. The average molecular weight is 288 g/mol. The predicted octanol–water partition coefficient (Wildman–Crippen LogP) is 3.07. The molecule has 0 unspecified atom stereocenters. The van der Waals surface area contributed by atoms with Crippen LogP contribution >= 0.6 is 0 Å². The molecule has 0 aliphatic carbocycles. The van der Waals surface area contributed by atoms with Crippen molar-refractivity contribution in [1.82, 2.24) is 5.32 Å². The van der Waals surface area contributed by atoms with Crippen molar-refractivity contribution in [3.8, 4) is 6.07 Å². The minimum absolute atomic E-state index is 0.0235. The highest BCUT2D eigenvalue weighted by Gasteiger charge is 2.21. The molecule has 0 saturated carbocycles. The van der Waals surface area contributed by atoms with Crippen molar-refractivity contribution in [2.45, 2.75) is 33.7 Å². The van der Waals surface area contributed by atoms with Crippen molar-refractivity contribution < 1.29 is 4.92 Å². The summed E-state index contributed by atoms with van der Waals surface area (Å²) in [7, 11) is 0. The van der Waals surface area contributed by atoms with Crippen LogP contribution in [-0.2, 0) is 0 Å². The molecule has 0 radical (unpaired) electrons. The normalized spacial score (nSPS) is 13.2. The van der Waals surface area contributed by atoms with Gasteiger partial charge in [-0.15, -0.1) is 0 Å². The number of rotatable bonds is 5. The molecule has 1 atom stereocenters. The van der Waals surface area contributed by atoms with E-state index in [1.54, 1.807) is 24.3 Å². The molecule has 112 valence electrons. The van der Waals surface area contributed by atoms with E-state index in [4.69, 9.17) is 5.26 Å². The molecule has 1 aromatic rings. The van der Waals surface area contributed by atoms with Gasteiger partial charge in [-0.25, -0.2) is 0 Å². The summed E-state index contributed by atoms with van der Waals surface area (Å²) in [4.78, 5) is 10.2. The summed E-state index contributed by atoms with van der Waals surface area (Å²) >= 11 is 0. The van der Waals surface area contributed by atoms with Gasteiger partial charge in [0.25, 0.3) is 6.20 Å². The van der Waals surface area contributed by atoms with Gasteiger partial charge in [0.05, 0.1) is 16.6 Å². The SMILES string of the molecule is C[C@@H](N/C(=C\[N+](=O)[O-])Nc1cccc(C#N)c1)C(C)(C)C. The Morgan fingerprint density at radius 1 is 1.48 bits per heavy atom. The fourth-order valence-electron chi connectivity index (χ4n) is 1.48. The van der Waals surface area contributed by atoms with E-state index in [1.165, 1.54) is 0 Å². The van der Waals surface area contributed by atoms with Crippen LogP contribution in [0.3, 0.4) is 0 Å².